The minimum Gasteiger partial charge on any atom is -0.352 e. The van der Waals surface area contributed by atoms with Crippen molar-refractivity contribution in [3.63, 3.8) is 0 Å². The van der Waals surface area contributed by atoms with Crippen molar-refractivity contribution in [3.8, 4) is 5.69 Å². The van der Waals surface area contributed by atoms with Gasteiger partial charge >= 0.3 is 0 Å². The number of pyridine rings is 1. The number of para-hydroxylation sites is 1. The van der Waals surface area contributed by atoms with Crippen LogP contribution in [0.4, 0.5) is 4.39 Å². The summed E-state index contributed by atoms with van der Waals surface area (Å²) in [6.45, 7) is 4.13. The summed E-state index contributed by atoms with van der Waals surface area (Å²) in [5.41, 5.74) is 4.81. The molecular formula is C26H29FN4S. The molecule has 0 unspecified atom stereocenters. The van der Waals surface area contributed by atoms with Crippen molar-refractivity contribution in [2.45, 2.75) is 64.1 Å². The Morgan fingerprint density at radius 3 is 2.50 bits per heavy atom. The average molecular weight is 449 g/mol. The number of aromatic nitrogens is 2. The summed E-state index contributed by atoms with van der Waals surface area (Å²) < 4.78 is 16.7. The van der Waals surface area contributed by atoms with Crippen LogP contribution >= 0.6 is 12.2 Å². The molecule has 1 aromatic carbocycles. The van der Waals surface area contributed by atoms with E-state index in [1.807, 2.05) is 42.0 Å². The maximum atomic E-state index is 14.7. The highest BCUT2D eigenvalue weighted by atomic mass is 32.1. The third-order valence-corrected chi connectivity index (χ3v) is 7.31. The van der Waals surface area contributed by atoms with Crippen LogP contribution in [-0.4, -0.2) is 25.6 Å². The van der Waals surface area contributed by atoms with Gasteiger partial charge in [0.15, 0.2) is 5.11 Å². The maximum absolute atomic E-state index is 14.7. The van der Waals surface area contributed by atoms with Gasteiger partial charge in [0, 0.05) is 23.6 Å². The van der Waals surface area contributed by atoms with Gasteiger partial charge in [0.2, 0.25) is 0 Å². The second kappa shape index (κ2) is 8.66. The molecule has 1 N–H and O–H groups in total. The van der Waals surface area contributed by atoms with Crippen LogP contribution in [0.15, 0.2) is 54.7 Å². The Morgan fingerprint density at radius 1 is 1.03 bits per heavy atom. The van der Waals surface area contributed by atoms with Gasteiger partial charge in [-0.25, -0.2) is 4.39 Å². The highest BCUT2D eigenvalue weighted by Gasteiger charge is 2.44. The largest absolute Gasteiger partial charge is 0.352 e. The molecule has 1 aliphatic carbocycles. The van der Waals surface area contributed by atoms with E-state index < -0.39 is 0 Å². The molecule has 0 bridgehead atoms. The van der Waals surface area contributed by atoms with Crippen LogP contribution in [-0.2, 0) is 0 Å². The molecule has 3 heterocycles. The topological polar surface area (TPSA) is 33.1 Å². The number of halogens is 1. The zero-order valence-electron chi connectivity index (χ0n) is 18.6. The van der Waals surface area contributed by atoms with Gasteiger partial charge in [0.05, 0.1) is 23.5 Å². The summed E-state index contributed by atoms with van der Waals surface area (Å²) in [7, 11) is 0. The van der Waals surface area contributed by atoms with E-state index in [9.17, 15) is 4.39 Å². The molecule has 166 valence electrons. The lowest BCUT2D eigenvalue weighted by Crippen LogP contribution is -2.40. The lowest BCUT2D eigenvalue weighted by atomic mass is 9.90. The average Bonchev–Trinajstić information content (AvgIpc) is 3.31. The number of thiocarbonyl (C=S) groups is 1. The van der Waals surface area contributed by atoms with Gasteiger partial charge in [-0.1, -0.05) is 37.5 Å². The lowest BCUT2D eigenvalue weighted by molar-refractivity contribution is 0.197. The van der Waals surface area contributed by atoms with E-state index >= 15 is 0 Å². The quantitative estimate of drug-likeness (QED) is 0.501. The van der Waals surface area contributed by atoms with Crippen LogP contribution in [0.1, 0.15) is 66.8 Å². The summed E-state index contributed by atoms with van der Waals surface area (Å²) in [6, 6.07) is 15.6. The molecule has 0 amide bonds. The monoisotopic (exact) mass is 448 g/mol. The highest BCUT2D eigenvalue weighted by molar-refractivity contribution is 7.80. The molecule has 0 radical (unpaired) electrons. The molecule has 2 aromatic heterocycles. The predicted molar refractivity (Wildman–Crippen MR) is 129 cm³/mol. The van der Waals surface area contributed by atoms with Crippen LogP contribution < -0.4 is 5.32 Å². The fraction of sp³-hybridized carbons (Fsp3) is 0.385. The van der Waals surface area contributed by atoms with E-state index in [0.717, 1.165) is 35.0 Å². The Morgan fingerprint density at radius 2 is 1.78 bits per heavy atom. The summed E-state index contributed by atoms with van der Waals surface area (Å²) in [5.74, 6) is -0.216. The summed E-state index contributed by atoms with van der Waals surface area (Å²) in [5, 5.41) is 4.38. The van der Waals surface area contributed by atoms with Crippen LogP contribution in [0.2, 0.25) is 0 Å². The molecule has 4 nitrogen and oxygen atoms in total. The maximum Gasteiger partial charge on any atom is 0.170 e. The van der Waals surface area contributed by atoms with E-state index in [-0.39, 0.29) is 17.9 Å². The molecule has 2 aliphatic rings. The van der Waals surface area contributed by atoms with Crippen LogP contribution in [0, 0.1) is 19.7 Å². The molecule has 2 fully saturated rings. The number of hydrogen-bond acceptors (Lipinski definition) is 2. The van der Waals surface area contributed by atoms with E-state index in [4.69, 9.17) is 12.2 Å². The first-order valence-corrected chi connectivity index (χ1v) is 11.9. The van der Waals surface area contributed by atoms with Gasteiger partial charge in [-0.3, -0.25) is 4.98 Å². The van der Waals surface area contributed by atoms with Crippen LogP contribution in [0.5, 0.6) is 0 Å². The molecule has 1 saturated heterocycles. The zero-order chi connectivity index (χ0) is 22.2. The number of nitrogens with zero attached hydrogens (tertiary/aromatic N) is 3. The Labute approximate surface area is 194 Å². The molecule has 32 heavy (non-hydrogen) atoms. The van der Waals surface area contributed by atoms with E-state index in [0.29, 0.717) is 11.7 Å². The fourth-order valence-electron chi connectivity index (χ4n) is 5.54. The molecular weight excluding hydrogens is 419 g/mol. The smallest absolute Gasteiger partial charge is 0.170 e. The van der Waals surface area contributed by atoms with Gasteiger partial charge in [0.1, 0.15) is 5.82 Å². The minimum atomic E-state index is -0.216. The second-order valence-corrected chi connectivity index (χ2v) is 9.33. The molecule has 1 saturated carbocycles. The third-order valence-electron chi connectivity index (χ3n) is 6.99. The van der Waals surface area contributed by atoms with E-state index in [1.165, 1.54) is 30.9 Å². The van der Waals surface area contributed by atoms with Gasteiger partial charge in [0.25, 0.3) is 0 Å². The number of benzene rings is 1. The molecule has 1 aliphatic heterocycles. The molecule has 6 heteroatoms. The summed E-state index contributed by atoms with van der Waals surface area (Å²) in [4.78, 5) is 7.08. The molecule has 5 rings (SSSR count). The van der Waals surface area contributed by atoms with Crippen molar-refractivity contribution in [2.75, 3.05) is 0 Å². The van der Waals surface area contributed by atoms with Crippen molar-refractivity contribution < 1.29 is 4.39 Å². The van der Waals surface area contributed by atoms with Gasteiger partial charge < -0.3 is 14.8 Å². The van der Waals surface area contributed by atoms with Gasteiger partial charge in [-0.05, 0) is 74.8 Å². The van der Waals surface area contributed by atoms with Gasteiger partial charge in [-0.15, -0.1) is 0 Å². The highest BCUT2D eigenvalue weighted by Crippen LogP contribution is 2.44. The van der Waals surface area contributed by atoms with E-state index in [1.54, 1.807) is 6.07 Å². The van der Waals surface area contributed by atoms with E-state index in [2.05, 4.69) is 34.3 Å². The molecule has 2 atom stereocenters. The number of aryl methyl sites for hydroxylation is 1. The van der Waals surface area contributed by atoms with Crippen molar-refractivity contribution in [2.24, 2.45) is 0 Å². The molecule has 0 spiro atoms. The third kappa shape index (κ3) is 3.60. The Bertz CT molecular complexity index is 1120. The van der Waals surface area contributed by atoms with Crippen LogP contribution in [0.3, 0.4) is 0 Å². The van der Waals surface area contributed by atoms with Crippen molar-refractivity contribution in [3.05, 3.63) is 83.2 Å². The van der Waals surface area contributed by atoms with Gasteiger partial charge in [-0.2, -0.15) is 0 Å². The molecule has 3 aromatic rings. The van der Waals surface area contributed by atoms with Crippen molar-refractivity contribution >= 4 is 17.3 Å². The Hall–Kier alpha value is -2.73. The zero-order valence-corrected chi connectivity index (χ0v) is 19.4. The predicted octanol–water partition coefficient (Wildman–Crippen LogP) is 5.93. The van der Waals surface area contributed by atoms with Crippen molar-refractivity contribution in [1.82, 2.24) is 19.8 Å². The Kier molecular flexibility index (Phi) is 5.72. The fourth-order valence-corrected chi connectivity index (χ4v) is 5.93. The second-order valence-electron chi connectivity index (χ2n) is 8.94. The van der Waals surface area contributed by atoms with Crippen LogP contribution in [0.25, 0.3) is 5.69 Å². The summed E-state index contributed by atoms with van der Waals surface area (Å²) in [6.07, 6.45) is 7.90. The minimum absolute atomic E-state index is 0.0206. The first-order chi connectivity index (χ1) is 15.6. The first-order valence-electron chi connectivity index (χ1n) is 11.5. The SMILES string of the molecule is Cc1cc([C@H]2[C@H](c3ccccn3)NC(=S)N2C2CCCCC2)c(C)n1-c1ccccc1F. The first kappa shape index (κ1) is 21.1. The summed E-state index contributed by atoms with van der Waals surface area (Å²) >= 11 is 5.89. The Balaban J connectivity index is 1.64. The normalized spacial score (nSPS) is 21.7. The number of rotatable bonds is 4. The van der Waals surface area contributed by atoms with Crippen molar-refractivity contribution in [1.29, 1.82) is 0 Å². The lowest BCUT2D eigenvalue weighted by Gasteiger charge is -2.37. The standard InChI is InChI=1S/C26H29FN4S/c1-17-16-20(18(2)30(17)23-14-7-6-12-21(23)27)25-24(22-13-8-9-15-28-22)29-26(32)31(25)19-10-4-3-5-11-19/h6-9,12-16,19,24-25H,3-5,10-11H2,1-2H3,(H,29,32)/t24-,25-/m0/s1. The number of nitrogens with one attached hydrogen (secondary N) is 1. The number of hydrogen-bond donors (Lipinski definition) is 1.